The topological polar surface area (TPSA) is 59.8 Å². The number of thioether (sulfide) groups is 1. The minimum Gasteiger partial charge on any atom is -0.325 e. The lowest BCUT2D eigenvalue weighted by Gasteiger charge is -2.10. The summed E-state index contributed by atoms with van der Waals surface area (Å²) in [6.07, 6.45) is -2.86. The summed E-state index contributed by atoms with van der Waals surface area (Å²) in [6.45, 7) is 4.05. The molecule has 0 saturated heterocycles. The van der Waals surface area contributed by atoms with E-state index in [1.807, 2.05) is 0 Å². The number of amides is 1. The van der Waals surface area contributed by atoms with Crippen molar-refractivity contribution < 1.29 is 22.4 Å². The Morgan fingerprint density at radius 3 is 2.57 bits per heavy atom. The van der Waals surface area contributed by atoms with Gasteiger partial charge in [-0.15, -0.1) is 16.8 Å². The molecule has 0 atom stereocenters. The van der Waals surface area contributed by atoms with Gasteiger partial charge in [0.2, 0.25) is 5.91 Å². The second-order valence-corrected chi connectivity index (χ2v) is 7.07. The van der Waals surface area contributed by atoms with Gasteiger partial charge in [-0.25, -0.2) is 4.39 Å². The lowest BCUT2D eigenvalue weighted by molar-refractivity contribution is -0.137. The highest BCUT2D eigenvalue weighted by Crippen LogP contribution is 2.31. The average molecular weight is 436 g/mol. The summed E-state index contributed by atoms with van der Waals surface area (Å²) in [5.41, 5.74) is -0.149. The molecule has 0 spiro atoms. The van der Waals surface area contributed by atoms with Crippen molar-refractivity contribution in [3.63, 3.8) is 0 Å². The maximum atomic E-state index is 13.2. The van der Waals surface area contributed by atoms with Crippen LogP contribution < -0.4 is 5.32 Å². The molecule has 10 heteroatoms. The van der Waals surface area contributed by atoms with Crippen LogP contribution in [0.5, 0.6) is 0 Å². The van der Waals surface area contributed by atoms with Gasteiger partial charge in [-0.3, -0.25) is 9.36 Å². The number of anilines is 1. The molecule has 3 aromatic rings. The van der Waals surface area contributed by atoms with Crippen LogP contribution in [0.1, 0.15) is 5.56 Å². The van der Waals surface area contributed by atoms with Crippen LogP contribution in [-0.4, -0.2) is 26.4 Å². The van der Waals surface area contributed by atoms with E-state index in [9.17, 15) is 22.4 Å². The SMILES string of the molecule is C=CCn1c(SCC(=O)Nc2cccc(C(F)(F)F)c2)nnc1-c1ccc(F)cc1. The number of carbonyl (C=O) groups is 1. The van der Waals surface area contributed by atoms with Gasteiger partial charge in [0.25, 0.3) is 0 Å². The van der Waals surface area contributed by atoms with Crippen molar-refractivity contribution in [3.8, 4) is 11.4 Å². The van der Waals surface area contributed by atoms with Crippen LogP contribution in [0.2, 0.25) is 0 Å². The van der Waals surface area contributed by atoms with Gasteiger partial charge < -0.3 is 5.32 Å². The summed E-state index contributed by atoms with van der Waals surface area (Å²) in [5.74, 6) is -0.476. The summed E-state index contributed by atoms with van der Waals surface area (Å²) in [7, 11) is 0. The van der Waals surface area contributed by atoms with E-state index in [1.165, 1.54) is 24.3 Å². The Kier molecular flexibility index (Phi) is 6.56. The first-order valence-electron chi connectivity index (χ1n) is 8.68. The lowest BCUT2D eigenvalue weighted by atomic mass is 10.2. The van der Waals surface area contributed by atoms with Gasteiger partial charge in [0, 0.05) is 17.8 Å². The minimum atomic E-state index is -4.49. The summed E-state index contributed by atoms with van der Waals surface area (Å²) in [4.78, 5) is 12.2. The van der Waals surface area contributed by atoms with Gasteiger partial charge in [-0.1, -0.05) is 23.9 Å². The van der Waals surface area contributed by atoms with Crippen LogP contribution in [0.25, 0.3) is 11.4 Å². The van der Waals surface area contributed by atoms with E-state index in [-0.39, 0.29) is 17.3 Å². The molecule has 5 nitrogen and oxygen atoms in total. The molecule has 3 rings (SSSR count). The lowest BCUT2D eigenvalue weighted by Crippen LogP contribution is -2.15. The summed E-state index contributed by atoms with van der Waals surface area (Å²) >= 11 is 1.08. The Hall–Kier alpha value is -3.14. The molecule has 0 fully saturated rings. The van der Waals surface area contributed by atoms with Crippen LogP contribution in [0.4, 0.5) is 23.2 Å². The van der Waals surface area contributed by atoms with Gasteiger partial charge in [0.1, 0.15) is 5.82 Å². The quantitative estimate of drug-likeness (QED) is 0.321. The number of aromatic nitrogens is 3. The zero-order chi connectivity index (χ0) is 21.7. The fourth-order valence-electron chi connectivity index (χ4n) is 2.60. The molecule has 1 N–H and O–H groups in total. The molecule has 0 saturated carbocycles. The Morgan fingerprint density at radius 2 is 1.90 bits per heavy atom. The normalized spacial score (nSPS) is 11.3. The standard InChI is InChI=1S/C20H16F4N4OS/c1-2-10-28-18(13-6-8-15(21)9-7-13)26-27-19(28)30-12-17(29)25-16-5-3-4-14(11-16)20(22,23)24/h2-9,11H,1,10,12H2,(H,25,29). The van der Waals surface area contributed by atoms with Gasteiger partial charge in [0.05, 0.1) is 11.3 Å². The Bertz CT molecular complexity index is 1050. The molecule has 0 aliphatic rings. The zero-order valence-electron chi connectivity index (χ0n) is 15.5. The fraction of sp³-hybridized carbons (Fsp3) is 0.150. The number of allylic oxidation sites excluding steroid dienone is 1. The van der Waals surface area contributed by atoms with Crippen molar-refractivity contribution in [2.45, 2.75) is 17.9 Å². The first-order valence-corrected chi connectivity index (χ1v) is 9.66. The third-order valence-electron chi connectivity index (χ3n) is 3.94. The van der Waals surface area contributed by atoms with Gasteiger partial charge >= 0.3 is 6.18 Å². The highest BCUT2D eigenvalue weighted by molar-refractivity contribution is 7.99. The molecule has 1 amide bonds. The summed E-state index contributed by atoms with van der Waals surface area (Å²) in [5, 5.41) is 11.0. The fourth-order valence-corrected chi connectivity index (χ4v) is 3.35. The van der Waals surface area contributed by atoms with E-state index >= 15 is 0 Å². The number of nitrogens with zero attached hydrogens (tertiary/aromatic N) is 3. The number of benzene rings is 2. The predicted octanol–water partition coefficient (Wildman–Crippen LogP) is 5.02. The summed E-state index contributed by atoms with van der Waals surface area (Å²) in [6, 6.07) is 10.1. The molecule has 156 valence electrons. The van der Waals surface area contributed by atoms with Gasteiger partial charge in [0.15, 0.2) is 11.0 Å². The number of nitrogens with one attached hydrogen (secondary N) is 1. The third kappa shape index (κ3) is 5.26. The van der Waals surface area contributed by atoms with E-state index in [2.05, 4.69) is 22.1 Å². The van der Waals surface area contributed by atoms with E-state index in [1.54, 1.807) is 22.8 Å². The molecule has 0 radical (unpaired) electrons. The molecular weight excluding hydrogens is 420 g/mol. The van der Waals surface area contributed by atoms with E-state index < -0.39 is 17.6 Å². The molecule has 0 aliphatic heterocycles. The van der Waals surface area contributed by atoms with Crippen LogP contribution >= 0.6 is 11.8 Å². The molecule has 1 aromatic heterocycles. The largest absolute Gasteiger partial charge is 0.416 e. The first-order chi connectivity index (χ1) is 14.3. The molecule has 0 bridgehead atoms. The van der Waals surface area contributed by atoms with E-state index in [4.69, 9.17) is 0 Å². The zero-order valence-corrected chi connectivity index (χ0v) is 16.3. The van der Waals surface area contributed by atoms with Crippen LogP contribution in [0, 0.1) is 5.82 Å². The molecular formula is C20H16F4N4OS. The highest BCUT2D eigenvalue weighted by Gasteiger charge is 2.30. The number of alkyl halides is 3. The third-order valence-corrected chi connectivity index (χ3v) is 4.90. The van der Waals surface area contributed by atoms with Gasteiger partial charge in [-0.2, -0.15) is 13.2 Å². The first kappa shape index (κ1) is 21.6. The number of hydrogen-bond donors (Lipinski definition) is 1. The maximum Gasteiger partial charge on any atom is 0.416 e. The van der Waals surface area contributed by atoms with Gasteiger partial charge in [-0.05, 0) is 42.5 Å². The van der Waals surface area contributed by atoms with E-state index in [0.717, 1.165) is 23.9 Å². The van der Waals surface area contributed by atoms with E-state index in [0.29, 0.717) is 23.1 Å². The maximum absolute atomic E-state index is 13.2. The number of rotatable bonds is 7. The smallest absolute Gasteiger partial charge is 0.325 e. The van der Waals surface area contributed by atoms with Crippen molar-refractivity contribution in [3.05, 3.63) is 72.6 Å². The second-order valence-electron chi connectivity index (χ2n) is 6.13. The number of halogens is 4. The molecule has 0 unspecified atom stereocenters. The molecule has 30 heavy (non-hydrogen) atoms. The monoisotopic (exact) mass is 436 g/mol. The van der Waals surface area contributed by atoms with Crippen LogP contribution in [-0.2, 0) is 17.5 Å². The predicted molar refractivity (Wildman–Crippen MR) is 106 cm³/mol. The van der Waals surface area contributed by atoms with Crippen molar-refractivity contribution in [1.29, 1.82) is 0 Å². The Labute approximate surface area is 173 Å². The molecule has 2 aromatic carbocycles. The second kappa shape index (κ2) is 9.12. The highest BCUT2D eigenvalue weighted by atomic mass is 32.2. The number of hydrogen-bond acceptors (Lipinski definition) is 4. The molecule has 0 aliphatic carbocycles. The van der Waals surface area contributed by atoms with Crippen molar-refractivity contribution in [2.75, 3.05) is 11.1 Å². The minimum absolute atomic E-state index is 0.0509. The molecule has 1 heterocycles. The summed E-state index contributed by atoms with van der Waals surface area (Å²) < 4.78 is 53.3. The average Bonchev–Trinajstić information content (AvgIpc) is 3.09. The van der Waals surface area contributed by atoms with Crippen molar-refractivity contribution in [2.24, 2.45) is 0 Å². The van der Waals surface area contributed by atoms with Crippen molar-refractivity contribution in [1.82, 2.24) is 14.8 Å². The number of carbonyl (C=O) groups excluding carboxylic acids is 1. The van der Waals surface area contributed by atoms with Crippen LogP contribution in [0.15, 0.2) is 66.3 Å². The Morgan fingerprint density at radius 1 is 1.17 bits per heavy atom. The Balaban J connectivity index is 1.70. The van der Waals surface area contributed by atoms with Crippen LogP contribution in [0.3, 0.4) is 0 Å². The van der Waals surface area contributed by atoms with Crippen molar-refractivity contribution >= 4 is 23.4 Å².